The lowest BCUT2D eigenvalue weighted by Crippen LogP contribution is -1.97. The van der Waals surface area contributed by atoms with Gasteiger partial charge in [0.25, 0.3) is 0 Å². The van der Waals surface area contributed by atoms with E-state index in [1.807, 2.05) is 48.6 Å². The first-order valence-electron chi connectivity index (χ1n) is 12.2. The lowest BCUT2D eigenvalue weighted by atomic mass is 10.1. The Bertz CT molecular complexity index is 881. The number of aliphatic hydroxyl groups excluding tert-OH is 1. The molecule has 0 fully saturated rings. The summed E-state index contributed by atoms with van der Waals surface area (Å²) in [6.07, 6.45) is 18.2. The first-order valence-corrected chi connectivity index (χ1v) is 12.2. The lowest BCUT2D eigenvalue weighted by Gasteiger charge is -1.99. The van der Waals surface area contributed by atoms with E-state index in [1.54, 1.807) is 18.4 Å². The smallest absolute Gasteiger partial charge is 0.359 e. The third-order valence-electron chi connectivity index (χ3n) is 5.23. The Morgan fingerprint density at radius 1 is 0.758 bits per heavy atom. The number of phenolic OH excluding ortho intramolecular Hbond substituents is 1. The van der Waals surface area contributed by atoms with Gasteiger partial charge in [0.05, 0.1) is 10.9 Å². The van der Waals surface area contributed by atoms with E-state index in [1.165, 1.54) is 57.8 Å². The van der Waals surface area contributed by atoms with Crippen LogP contribution in [0.2, 0.25) is 0 Å². The van der Waals surface area contributed by atoms with Crippen molar-refractivity contribution in [2.45, 2.75) is 64.7 Å². The Hall–Kier alpha value is -2.69. The Morgan fingerprint density at radius 2 is 1.33 bits per heavy atom. The van der Waals surface area contributed by atoms with Crippen molar-refractivity contribution in [2.24, 2.45) is 5.73 Å². The van der Waals surface area contributed by atoms with Crippen LogP contribution in [0.15, 0.2) is 65.3 Å². The predicted octanol–water partition coefficient (Wildman–Crippen LogP) is 7.67. The fraction of sp³-hybridized carbons (Fsp3) is 0.414. The summed E-state index contributed by atoms with van der Waals surface area (Å²) in [4.78, 5) is 0. The van der Waals surface area contributed by atoms with Gasteiger partial charge in [0.15, 0.2) is 0 Å². The molecule has 4 N–H and O–H groups in total. The van der Waals surface area contributed by atoms with E-state index >= 15 is 0 Å². The molecule has 1 aromatic heterocycles. The fourth-order valence-corrected chi connectivity index (χ4v) is 3.37. The summed E-state index contributed by atoms with van der Waals surface area (Å²) in [6.45, 7) is 3.14. The second-order valence-electron chi connectivity index (χ2n) is 7.96. The largest absolute Gasteiger partial charge is 0.508 e. The molecule has 0 unspecified atom stereocenters. The fourth-order valence-electron chi connectivity index (χ4n) is 3.37. The molecular weight excluding hydrogens is 410 g/mol. The van der Waals surface area contributed by atoms with Gasteiger partial charge in [0, 0.05) is 13.2 Å². The molecule has 0 aliphatic rings. The molecule has 0 aliphatic carbocycles. The van der Waals surface area contributed by atoms with Crippen LogP contribution in [0.1, 0.15) is 75.8 Å². The second-order valence-corrected chi connectivity index (χ2v) is 7.96. The second kappa shape index (κ2) is 18.8. The molecule has 4 nitrogen and oxygen atoms in total. The van der Waals surface area contributed by atoms with E-state index in [0.29, 0.717) is 0 Å². The maximum Gasteiger partial charge on any atom is 0.359 e. The Balaban J connectivity index is 0.000000339. The van der Waals surface area contributed by atoms with Crippen molar-refractivity contribution in [3.05, 3.63) is 72.0 Å². The van der Waals surface area contributed by atoms with Crippen LogP contribution in [-0.2, 0) is 0 Å². The normalized spacial score (nSPS) is 10.4. The van der Waals surface area contributed by atoms with Gasteiger partial charge < -0.3 is 15.9 Å². The van der Waals surface area contributed by atoms with Crippen LogP contribution >= 0.6 is 0 Å². The van der Waals surface area contributed by atoms with E-state index in [2.05, 4.69) is 13.0 Å². The van der Waals surface area contributed by atoms with Crippen molar-refractivity contribution in [2.75, 3.05) is 13.7 Å². The van der Waals surface area contributed by atoms with E-state index in [4.69, 9.17) is 15.3 Å². The predicted molar refractivity (Wildman–Crippen MR) is 142 cm³/mol. The van der Waals surface area contributed by atoms with Gasteiger partial charge in [-0.05, 0) is 48.9 Å². The molecule has 0 bridgehead atoms. The van der Waals surface area contributed by atoms with Crippen LogP contribution in [0.3, 0.4) is 0 Å². The zero-order valence-corrected chi connectivity index (χ0v) is 20.4. The van der Waals surface area contributed by atoms with Crippen LogP contribution < -0.4 is 5.73 Å². The summed E-state index contributed by atoms with van der Waals surface area (Å²) in [5, 5.41) is 17.3. The lowest BCUT2D eigenvalue weighted by molar-refractivity contribution is 0.399. The number of benzene rings is 2. The topological polar surface area (TPSA) is 77.8 Å². The number of fused-ring (bicyclic) bond motifs is 1. The van der Waals surface area contributed by atoms with Crippen molar-refractivity contribution < 1.29 is 14.6 Å². The van der Waals surface area contributed by atoms with Crippen molar-refractivity contribution in [1.29, 1.82) is 0 Å². The first kappa shape index (κ1) is 28.3. The third-order valence-corrected chi connectivity index (χ3v) is 5.23. The van der Waals surface area contributed by atoms with Crippen LogP contribution in [0.5, 0.6) is 5.75 Å². The third kappa shape index (κ3) is 12.8. The van der Waals surface area contributed by atoms with Crippen molar-refractivity contribution >= 4 is 23.1 Å². The van der Waals surface area contributed by atoms with Crippen molar-refractivity contribution in [3.8, 4) is 5.75 Å². The van der Waals surface area contributed by atoms with E-state index < -0.39 is 0 Å². The molecule has 0 saturated heterocycles. The summed E-state index contributed by atoms with van der Waals surface area (Å²) in [5.74, 6) is 0.276. The summed E-state index contributed by atoms with van der Waals surface area (Å²) >= 11 is 0. The van der Waals surface area contributed by atoms with E-state index in [-0.39, 0.29) is 5.75 Å². The number of hydrogen-bond acceptors (Lipinski definition) is 3. The number of unbranched alkanes of at least 4 members (excludes halogenated alkanes) is 8. The minimum atomic E-state index is 0.276. The number of hydrogen-bond donors (Lipinski definition) is 3. The summed E-state index contributed by atoms with van der Waals surface area (Å²) < 4.78 is 5.56. The van der Waals surface area contributed by atoms with Crippen LogP contribution in [-0.4, -0.2) is 23.9 Å². The number of para-hydroxylation sites is 1. The highest BCUT2D eigenvalue weighted by atomic mass is 16.3. The van der Waals surface area contributed by atoms with Gasteiger partial charge in [0.2, 0.25) is 0 Å². The average molecular weight is 453 g/mol. The molecule has 2 aromatic carbocycles. The summed E-state index contributed by atoms with van der Waals surface area (Å²) in [7, 11) is 1.00. The first-order chi connectivity index (χ1) is 16.2. The molecule has 3 rings (SSSR count). The van der Waals surface area contributed by atoms with Gasteiger partial charge in [-0.15, -0.1) is 0 Å². The molecule has 0 atom stereocenters. The molecule has 180 valence electrons. The highest BCUT2D eigenvalue weighted by Gasteiger charge is 2.05. The van der Waals surface area contributed by atoms with Crippen LogP contribution in [0.4, 0.5) is 0 Å². The van der Waals surface area contributed by atoms with Gasteiger partial charge in [-0.1, -0.05) is 88.6 Å². The van der Waals surface area contributed by atoms with Gasteiger partial charge in [-0.25, -0.2) is 4.42 Å². The average Bonchev–Trinajstić information content (AvgIpc) is 2.87. The van der Waals surface area contributed by atoms with Crippen LogP contribution in [0.25, 0.3) is 23.1 Å². The van der Waals surface area contributed by atoms with Gasteiger partial charge in [-0.2, -0.15) is 0 Å². The zero-order valence-electron chi connectivity index (χ0n) is 20.4. The van der Waals surface area contributed by atoms with Crippen molar-refractivity contribution in [3.63, 3.8) is 0 Å². The highest BCUT2D eigenvalue weighted by molar-refractivity contribution is 5.80. The molecule has 3 aromatic rings. The molecular formula is C29H42NO3+. The maximum absolute atomic E-state index is 9.22. The quantitative estimate of drug-likeness (QED) is 0.206. The van der Waals surface area contributed by atoms with Crippen LogP contribution in [0, 0.1) is 0 Å². The summed E-state index contributed by atoms with van der Waals surface area (Å²) in [5.41, 5.74) is 8.33. The molecule has 1 heterocycles. The monoisotopic (exact) mass is 452 g/mol. The van der Waals surface area contributed by atoms with Crippen molar-refractivity contribution in [1.82, 2.24) is 0 Å². The standard InChI is InChI=1S/C17H12O2.C11H25N.CH4O/c18-16-9-7-13(8-10-16)5-6-14-11-15-3-1-2-4-17(15)19-12-14;1-2-3-4-5-6-7-8-9-10-11-12;1-2/h1-12H;2-12H2,1H3;2H,1H3/p+1/b6-5+;;. The number of nitrogens with two attached hydrogens (primary N) is 1. The molecule has 0 radical (unpaired) electrons. The Kier molecular flexibility index (Phi) is 16.2. The number of phenols is 1. The minimum Gasteiger partial charge on any atom is -0.508 e. The molecule has 0 saturated carbocycles. The van der Waals surface area contributed by atoms with Gasteiger partial charge >= 0.3 is 11.8 Å². The number of rotatable bonds is 11. The Labute approximate surface area is 199 Å². The van der Waals surface area contributed by atoms with Gasteiger partial charge in [0.1, 0.15) is 5.75 Å². The Morgan fingerprint density at radius 3 is 1.97 bits per heavy atom. The highest BCUT2D eigenvalue weighted by Crippen LogP contribution is 2.18. The number of aromatic hydroxyl groups is 1. The van der Waals surface area contributed by atoms with E-state index in [0.717, 1.165) is 35.8 Å². The van der Waals surface area contributed by atoms with E-state index in [9.17, 15) is 5.11 Å². The maximum atomic E-state index is 9.22. The molecule has 4 heteroatoms. The molecule has 0 aliphatic heterocycles. The molecule has 0 amide bonds. The molecule has 33 heavy (non-hydrogen) atoms. The SMILES string of the molecule is CCCCCCCCCCCN.CO.Oc1ccc(/C=C/c2c[o+]c3ccccc3c2)cc1. The molecule has 0 spiro atoms. The number of aliphatic hydroxyl groups is 1. The zero-order chi connectivity index (χ0) is 24.2. The van der Waals surface area contributed by atoms with Gasteiger partial charge in [-0.3, -0.25) is 0 Å². The minimum absolute atomic E-state index is 0.276. The summed E-state index contributed by atoms with van der Waals surface area (Å²) in [6, 6.07) is 17.1.